The first-order valence-electron chi connectivity index (χ1n) is 10.8. The van der Waals surface area contributed by atoms with Crippen LogP contribution in [0.5, 0.6) is 0 Å². The average molecular weight is 425 g/mol. The van der Waals surface area contributed by atoms with Crippen LogP contribution in [-0.2, 0) is 29.0 Å². The summed E-state index contributed by atoms with van der Waals surface area (Å²) in [6.45, 7) is 7.81. The van der Waals surface area contributed by atoms with Crippen molar-refractivity contribution in [1.82, 2.24) is 14.9 Å². The zero-order valence-corrected chi connectivity index (χ0v) is 18.3. The Kier molecular flexibility index (Phi) is 6.23. The summed E-state index contributed by atoms with van der Waals surface area (Å²) in [5, 5.41) is 2.91. The minimum atomic E-state index is -0.276. The number of halogens is 1. The van der Waals surface area contributed by atoms with Gasteiger partial charge in [-0.3, -0.25) is 4.79 Å². The highest BCUT2D eigenvalue weighted by Gasteiger charge is 2.24. The van der Waals surface area contributed by atoms with E-state index in [1.165, 1.54) is 6.07 Å². The van der Waals surface area contributed by atoms with Crippen LogP contribution in [0.2, 0.25) is 0 Å². The Bertz CT molecular complexity index is 1070. The fourth-order valence-electron chi connectivity index (χ4n) is 4.26. The number of carbonyl (C=O) groups is 1. The highest BCUT2D eigenvalue weighted by Crippen LogP contribution is 2.24. The van der Waals surface area contributed by atoms with E-state index >= 15 is 0 Å². The summed E-state index contributed by atoms with van der Waals surface area (Å²) in [7, 11) is 0. The predicted molar refractivity (Wildman–Crippen MR) is 120 cm³/mol. The number of para-hydroxylation sites is 2. The van der Waals surface area contributed by atoms with E-state index in [-0.39, 0.29) is 37.0 Å². The lowest BCUT2D eigenvalue weighted by Gasteiger charge is -2.37. The summed E-state index contributed by atoms with van der Waals surface area (Å²) in [6.07, 6.45) is 0.872. The smallest absolute Gasteiger partial charge is 0.240 e. The van der Waals surface area contributed by atoms with E-state index in [1.807, 2.05) is 60.6 Å². The number of carbonyl (C=O) groups excluding carboxylic acids is 1. The molecule has 2 aromatic carbocycles. The van der Waals surface area contributed by atoms with Crippen molar-refractivity contribution in [1.29, 1.82) is 0 Å². The molecule has 2 atom stereocenters. The molecule has 3 aromatic rings. The Morgan fingerprint density at radius 2 is 1.94 bits per heavy atom. The molecule has 2 unspecified atom stereocenters. The standard InChI is InChI=1S/C24H29FN4O2/c1-4-23-27-20-7-5-6-8-22(20)29(23)15-24(30)26-12-18-9-10-21(19(25)11-18)28-13-16(2)31-17(3)14-28/h5-11,16-17H,4,12-15H2,1-3H3,(H,26,30). The van der Waals surface area contributed by atoms with Crippen LogP contribution in [0.3, 0.4) is 0 Å². The van der Waals surface area contributed by atoms with Gasteiger partial charge >= 0.3 is 0 Å². The summed E-state index contributed by atoms with van der Waals surface area (Å²) in [5.74, 6) is 0.473. The average Bonchev–Trinajstić information content (AvgIpc) is 3.09. The van der Waals surface area contributed by atoms with E-state index in [4.69, 9.17) is 4.74 Å². The first kappa shape index (κ1) is 21.3. The van der Waals surface area contributed by atoms with Gasteiger partial charge in [-0.2, -0.15) is 0 Å². The Morgan fingerprint density at radius 1 is 1.19 bits per heavy atom. The van der Waals surface area contributed by atoms with Crippen molar-refractivity contribution < 1.29 is 13.9 Å². The van der Waals surface area contributed by atoms with Crippen LogP contribution < -0.4 is 10.2 Å². The number of anilines is 1. The molecule has 1 amide bonds. The normalized spacial score (nSPS) is 19.0. The van der Waals surface area contributed by atoms with Gasteiger partial charge in [-0.15, -0.1) is 0 Å². The molecule has 0 saturated carbocycles. The molecule has 1 fully saturated rings. The third-order valence-corrected chi connectivity index (χ3v) is 5.61. The van der Waals surface area contributed by atoms with E-state index in [1.54, 1.807) is 6.07 Å². The van der Waals surface area contributed by atoms with Crippen molar-refractivity contribution in [3.63, 3.8) is 0 Å². The second kappa shape index (κ2) is 9.06. The third kappa shape index (κ3) is 4.71. The topological polar surface area (TPSA) is 59.4 Å². The molecule has 31 heavy (non-hydrogen) atoms. The molecule has 6 nitrogen and oxygen atoms in total. The highest BCUT2D eigenvalue weighted by molar-refractivity contribution is 5.81. The van der Waals surface area contributed by atoms with E-state index in [9.17, 15) is 9.18 Å². The number of nitrogens with zero attached hydrogens (tertiary/aromatic N) is 3. The lowest BCUT2D eigenvalue weighted by molar-refractivity contribution is -0.121. The molecule has 4 rings (SSSR count). The van der Waals surface area contributed by atoms with Gasteiger partial charge in [-0.05, 0) is 43.7 Å². The zero-order valence-electron chi connectivity index (χ0n) is 18.3. The van der Waals surface area contributed by atoms with Crippen LogP contribution in [0.4, 0.5) is 10.1 Å². The van der Waals surface area contributed by atoms with Crippen LogP contribution >= 0.6 is 0 Å². The molecule has 1 aliphatic heterocycles. The fourth-order valence-corrected chi connectivity index (χ4v) is 4.26. The number of aryl methyl sites for hydroxylation is 1. The quantitative estimate of drug-likeness (QED) is 0.656. The molecule has 164 valence electrons. The largest absolute Gasteiger partial charge is 0.372 e. The Hall–Kier alpha value is -2.93. The van der Waals surface area contributed by atoms with Crippen LogP contribution in [0.25, 0.3) is 11.0 Å². The van der Waals surface area contributed by atoms with Crippen LogP contribution in [0, 0.1) is 5.82 Å². The Labute approximate surface area is 182 Å². The summed E-state index contributed by atoms with van der Waals surface area (Å²) >= 11 is 0. The minimum absolute atomic E-state index is 0.0642. The number of imidazole rings is 1. The van der Waals surface area contributed by atoms with Crippen molar-refractivity contribution >= 4 is 22.6 Å². The molecule has 1 aromatic heterocycles. The maximum atomic E-state index is 14.8. The second-order valence-corrected chi connectivity index (χ2v) is 8.18. The van der Waals surface area contributed by atoms with Crippen LogP contribution in [-0.4, -0.2) is 40.8 Å². The maximum Gasteiger partial charge on any atom is 0.240 e. The predicted octanol–water partition coefficient (Wildman–Crippen LogP) is 3.67. The van der Waals surface area contributed by atoms with Gasteiger partial charge in [0.1, 0.15) is 18.2 Å². The molecule has 1 N–H and O–H groups in total. The van der Waals surface area contributed by atoms with Gasteiger partial charge in [0.15, 0.2) is 0 Å². The number of hydrogen-bond acceptors (Lipinski definition) is 4. The number of morpholine rings is 1. The molecule has 2 heterocycles. The number of ether oxygens (including phenoxy) is 1. The molecular weight excluding hydrogens is 395 g/mol. The number of aromatic nitrogens is 2. The molecule has 0 radical (unpaired) electrons. The Balaban J connectivity index is 1.41. The number of benzene rings is 2. The molecule has 1 saturated heterocycles. The van der Waals surface area contributed by atoms with Crippen molar-refractivity contribution in [3.05, 3.63) is 59.7 Å². The number of rotatable bonds is 6. The van der Waals surface area contributed by atoms with Crippen molar-refractivity contribution in [2.24, 2.45) is 0 Å². The first-order chi connectivity index (χ1) is 14.9. The summed E-state index contributed by atoms with van der Waals surface area (Å²) in [6, 6.07) is 13.0. The van der Waals surface area contributed by atoms with Gasteiger partial charge in [-0.25, -0.2) is 9.37 Å². The number of nitrogens with one attached hydrogen (secondary N) is 1. The first-order valence-corrected chi connectivity index (χ1v) is 10.8. The molecular formula is C24H29FN4O2. The van der Waals surface area contributed by atoms with E-state index in [2.05, 4.69) is 10.3 Å². The lowest BCUT2D eigenvalue weighted by Crippen LogP contribution is -2.45. The number of hydrogen-bond donors (Lipinski definition) is 1. The summed E-state index contributed by atoms with van der Waals surface area (Å²) in [4.78, 5) is 19.2. The number of fused-ring (bicyclic) bond motifs is 1. The highest BCUT2D eigenvalue weighted by atomic mass is 19.1. The molecule has 0 aliphatic carbocycles. The van der Waals surface area contributed by atoms with Gasteiger partial charge in [0.25, 0.3) is 0 Å². The molecule has 1 aliphatic rings. The monoisotopic (exact) mass is 424 g/mol. The van der Waals surface area contributed by atoms with Crippen molar-refractivity contribution in [2.45, 2.75) is 52.5 Å². The van der Waals surface area contributed by atoms with E-state index in [0.717, 1.165) is 28.8 Å². The molecule has 0 bridgehead atoms. The van der Waals surface area contributed by atoms with Crippen molar-refractivity contribution in [3.8, 4) is 0 Å². The van der Waals surface area contributed by atoms with Crippen LogP contribution in [0.1, 0.15) is 32.2 Å². The van der Waals surface area contributed by atoms with Gasteiger partial charge in [0.2, 0.25) is 5.91 Å². The van der Waals surface area contributed by atoms with E-state index in [0.29, 0.717) is 18.8 Å². The van der Waals surface area contributed by atoms with Gasteiger partial charge in [-0.1, -0.05) is 25.1 Å². The van der Waals surface area contributed by atoms with Crippen LogP contribution in [0.15, 0.2) is 42.5 Å². The van der Waals surface area contributed by atoms with Crippen molar-refractivity contribution in [2.75, 3.05) is 18.0 Å². The summed E-state index contributed by atoms with van der Waals surface area (Å²) in [5.41, 5.74) is 3.14. The third-order valence-electron chi connectivity index (χ3n) is 5.61. The van der Waals surface area contributed by atoms with Gasteiger partial charge in [0, 0.05) is 26.1 Å². The second-order valence-electron chi connectivity index (χ2n) is 8.18. The van der Waals surface area contributed by atoms with Gasteiger partial charge < -0.3 is 19.5 Å². The SMILES string of the molecule is CCc1nc2ccccc2n1CC(=O)NCc1ccc(N2CC(C)OC(C)C2)c(F)c1. The zero-order chi connectivity index (χ0) is 22.0. The minimum Gasteiger partial charge on any atom is -0.372 e. The fraction of sp³-hybridized carbons (Fsp3) is 0.417. The molecule has 0 spiro atoms. The van der Waals surface area contributed by atoms with E-state index < -0.39 is 0 Å². The molecule has 7 heteroatoms. The number of amides is 1. The maximum absolute atomic E-state index is 14.8. The lowest BCUT2D eigenvalue weighted by atomic mass is 10.1. The Morgan fingerprint density at radius 3 is 2.65 bits per heavy atom. The van der Waals surface area contributed by atoms with Gasteiger partial charge in [0.05, 0.1) is 28.9 Å². The summed E-state index contributed by atoms with van der Waals surface area (Å²) < 4.78 is 22.5.